The minimum atomic E-state index is -4.71. The fourth-order valence-corrected chi connectivity index (χ4v) is 4.77. The Kier molecular flexibility index (Phi) is 6.60. The molecule has 0 unspecified atom stereocenters. The topological polar surface area (TPSA) is 84.4 Å². The molecule has 0 aliphatic carbocycles. The molecule has 0 saturated carbocycles. The van der Waals surface area contributed by atoms with Crippen LogP contribution in [-0.2, 0) is 6.18 Å². The monoisotopic (exact) mass is 524 g/mol. The molecule has 1 aliphatic rings. The van der Waals surface area contributed by atoms with Gasteiger partial charge in [-0.3, -0.25) is 4.79 Å². The third-order valence-corrected chi connectivity index (χ3v) is 6.69. The Bertz CT molecular complexity index is 1530. The lowest BCUT2D eigenvalue weighted by atomic mass is 9.99. The third kappa shape index (κ3) is 4.96. The zero-order valence-corrected chi connectivity index (χ0v) is 21.2. The fourth-order valence-electron chi connectivity index (χ4n) is 4.77. The first-order chi connectivity index (χ1) is 18.0. The van der Waals surface area contributed by atoms with Crippen molar-refractivity contribution in [2.24, 2.45) is 0 Å². The van der Waals surface area contributed by atoms with Gasteiger partial charge in [0.2, 0.25) is 0 Å². The number of β-amino-alcohol motifs (C(OH)–C–C–N with tert-alkyl or cyclic N) is 1. The molecular weight excluding hydrogens is 497 g/mol. The molecule has 1 aliphatic heterocycles. The van der Waals surface area contributed by atoms with Gasteiger partial charge in [-0.2, -0.15) is 23.0 Å². The number of nitrogens with zero attached hydrogens (tertiary/aromatic N) is 4. The van der Waals surface area contributed by atoms with E-state index in [4.69, 9.17) is 4.42 Å². The lowest BCUT2D eigenvalue weighted by Crippen LogP contribution is -2.29. The van der Waals surface area contributed by atoms with E-state index in [0.717, 1.165) is 21.9 Å². The lowest BCUT2D eigenvalue weighted by Gasteiger charge is -2.22. The quantitative estimate of drug-likeness (QED) is 0.367. The minimum absolute atomic E-state index is 0.264. The first-order valence-electron chi connectivity index (χ1n) is 12.3. The molecule has 1 atom stereocenters. The number of hydrogen-bond acceptors (Lipinski definition) is 6. The van der Waals surface area contributed by atoms with Gasteiger partial charge in [-0.25, -0.2) is 4.98 Å². The van der Waals surface area contributed by atoms with E-state index in [1.165, 1.54) is 18.5 Å². The highest BCUT2D eigenvalue weighted by Crippen LogP contribution is 2.37. The zero-order valence-electron chi connectivity index (χ0n) is 21.2. The average Bonchev–Trinajstić information content (AvgIpc) is 3.55. The van der Waals surface area contributed by atoms with Gasteiger partial charge in [0.1, 0.15) is 0 Å². The second-order valence-corrected chi connectivity index (χ2v) is 9.90. The number of aromatic nitrogens is 3. The number of aliphatic hydroxyl groups excluding tert-OH is 1. The number of halogens is 3. The van der Waals surface area contributed by atoms with Crippen LogP contribution in [0.25, 0.3) is 28.3 Å². The molecule has 1 saturated heterocycles. The summed E-state index contributed by atoms with van der Waals surface area (Å²) in [7, 11) is 0. The third-order valence-electron chi connectivity index (χ3n) is 6.69. The van der Waals surface area contributed by atoms with E-state index < -0.39 is 23.4 Å². The maximum atomic E-state index is 14.2. The number of aryl methyl sites for hydroxylation is 1. The van der Waals surface area contributed by atoms with Gasteiger partial charge in [0, 0.05) is 35.5 Å². The predicted molar refractivity (Wildman–Crippen MR) is 137 cm³/mol. The van der Waals surface area contributed by atoms with Crippen molar-refractivity contribution in [3.63, 3.8) is 0 Å². The van der Waals surface area contributed by atoms with E-state index >= 15 is 0 Å². The Morgan fingerprint density at radius 1 is 1.11 bits per heavy atom. The number of hydrogen-bond donors (Lipinski definition) is 1. The number of alkyl halides is 3. The minimum Gasteiger partial charge on any atom is -0.444 e. The summed E-state index contributed by atoms with van der Waals surface area (Å²) in [5, 5.41) is 14.4. The average molecular weight is 525 g/mol. The van der Waals surface area contributed by atoms with Crippen molar-refractivity contribution in [1.82, 2.24) is 14.8 Å². The van der Waals surface area contributed by atoms with Crippen LogP contribution < -0.4 is 10.5 Å². The summed E-state index contributed by atoms with van der Waals surface area (Å²) in [4.78, 5) is 19.3. The zero-order chi connectivity index (χ0) is 27.2. The van der Waals surface area contributed by atoms with E-state index in [9.17, 15) is 23.1 Å². The molecule has 0 spiro atoms. The molecule has 1 N–H and O–H groups in total. The van der Waals surface area contributed by atoms with Gasteiger partial charge in [0.05, 0.1) is 29.2 Å². The van der Waals surface area contributed by atoms with Crippen LogP contribution in [0.3, 0.4) is 0 Å². The van der Waals surface area contributed by atoms with Crippen LogP contribution in [0.5, 0.6) is 0 Å². The lowest BCUT2D eigenvalue weighted by molar-refractivity contribution is -0.137. The summed E-state index contributed by atoms with van der Waals surface area (Å²) in [5.41, 5.74) is 1.48. The molecule has 10 heteroatoms. The maximum Gasteiger partial charge on any atom is 0.418 e. The Morgan fingerprint density at radius 3 is 2.50 bits per heavy atom. The van der Waals surface area contributed by atoms with Gasteiger partial charge < -0.3 is 14.4 Å². The van der Waals surface area contributed by atoms with Gasteiger partial charge in [0.15, 0.2) is 12.2 Å². The van der Waals surface area contributed by atoms with E-state index in [-0.39, 0.29) is 11.6 Å². The molecule has 5 rings (SSSR count). The van der Waals surface area contributed by atoms with Crippen molar-refractivity contribution < 1.29 is 22.7 Å². The van der Waals surface area contributed by atoms with Crippen molar-refractivity contribution in [1.29, 1.82) is 0 Å². The van der Waals surface area contributed by atoms with Crippen molar-refractivity contribution in [2.75, 3.05) is 18.0 Å². The summed E-state index contributed by atoms with van der Waals surface area (Å²) in [6.45, 7) is 6.32. The maximum absolute atomic E-state index is 14.2. The van der Waals surface area contributed by atoms with Crippen LogP contribution in [0.2, 0.25) is 0 Å². The summed E-state index contributed by atoms with van der Waals surface area (Å²) in [5.74, 6) is 0.271. The molecule has 0 amide bonds. The van der Waals surface area contributed by atoms with Crippen molar-refractivity contribution in [3.8, 4) is 28.3 Å². The summed E-state index contributed by atoms with van der Waals surface area (Å²) < 4.78 is 48.8. The summed E-state index contributed by atoms with van der Waals surface area (Å²) >= 11 is 0. The molecular formula is C28H27F3N4O3. The number of aliphatic hydroxyl groups is 1. The van der Waals surface area contributed by atoms with Gasteiger partial charge in [-0.1, -0.05) is 13.8 Å². The molecule has 2 aromatic heterocycles. The molecule has 4 aromatic rings. The van der Waals surface area contributed by atoms with Crippen LogP contribution in [0.15, 0.2) is 64.3 Å². The molecule has 38 heavy (non-hydrogen) atoms. The van der Waals surface area contributed by atoms with E-state index in [2.05, 4.69) is 10.1 Å². The summed E-state index contributed by atoms with van der Waals surface area (Å²) in [6, 6.07) is 10.9. The Hall–Kier alpha value is -3.92. The van der Waals surface area contributed by atoms with Crippen molar-refractivity contribution in [3.05, 3.63) is 82.1 Å². The first kappa shape index (κ1) is 25.7. The Balaban J connectivity index is 1.73. The summed E-state index contributed by atoms with van der Waals surface area (Å²) in [6.07, 6.45) is -1.86. The van der Waals surface area contributed by atoms with Gasteiger partial charge in [-0.05, 0) is 67.3 Å². The number of anilines is 1. The highest BCUT2D eigenvalue weighted by atomic mass is 19.4. The first-order valence-corrected chi connectivity index (χ1v) is 12.3. The van der Waals surface area contributed by atoms with Crippen LogP contribution in [0.4, 0.5) is 18.9 Å². The predicted octanol–water partition coefficient (Wildman–Crippen LogP) is 5.58. The second-order valence-electron chi connectivity index (χ2n) is 9.90. The SMILES string of the molecule is Cc1cc(-c2cc(C(C)C)c(=O)n(-c3cc(N4CC[C@H](O)C4)ccc3C(F)(F)F)n2)cc(-c2cnco2)c1. The molecule has 3 heterocycles. The van der Waals surface area contributed by atoms with E-state index in [1.54, 1.807) is 17.2 Å². The number of rotatable bonds is 5. The van der Waals surface area contributed by atoms with Crippen molar-refractivity contribution >= 4 is 5.69 Å². The van der Waals surface area contributed by atoms with Gasteiger partial charge in [-0.15, -0.1) is 0 Å². The Morgan fingerprint density at radius 2 is 1.87 bits per heavy atom. The number of benzene rings is 2. The number of oxazole rings is 1. The molecule has 2 aromatic carbocycles. The fraction of sp³-hybridized carbons (Fsp3) is 0.321. The van der Waals surface area contributed by atoms with E-state index in [1.807, 2.05) is 39.0 Å². The molecule has 1 fully saturated rings. The molecule has 7 nitrogen and oxygen atoms in total. The second kappa shape index (κ2) is 9.75. The highest BCUT2D eigenvalue weighted by Gasteiger charge is 2.36. The normalized spacial score (nSPS) is 16.0. The van der Waals surface area contributed by atoms with Gasteiger partial charge in [0.25, 0.3) is 5.56 Å². The van der Waals surface area contributed by atoms with E-state index in [0.29, 0.717) is 47.8 Å². The molecule has 198 valence electrons. The van der Waals surface area contributed by atoms with Crippen molar-refractivity contribution in [2.45, 2.75) is 45.4 Å². The Labute approximate surface area is 217 Å². The smallest absolute Gasteiger partial charge is 0.418 e. The highest BCUT2D eigenvalue weighted by molar-refractivity contribution is 5.70. The van der Waals surface area contributed by atoms with Gasteiger partial charge >= 0.3 is 6.18 Å². The van der Waals surface area contributed by atoms with Crippen LogP contribution in [0, 0.1) is 6.92 Å². The standard InChI is InChI=1S/C28H27F3N4O3/c1-16(2)22-12-24(18-8-17(3)9-19(10-18)26-13-32-15-38-26)33-35(27(22)37)25-11-20(34-7-6-21(36)14-34)4-5-23(25)28(29,30)31/h4-5,8-13,15-16,21,36H,6-7,14H2,1-3H3/t21-/m0/s1. The van der Waals surface area contributed by atoms with Crippen LogP contribution >= 0.6 is 0 Å². The van der Waals surface area contributed by atoms with Crippen LogP contribution in [-0.4, -0.2) is 39.1 Å². The molecule has 0 radical (unpaired) electrons. The van der Waals surface area contributed by atoms with Crippen LogP contribution in [0.1, 0.15) is 42.9 Å². The largest absolute Gasteiger partial charge is 0.444 e. The molecule has 0 bridgehead atoms.